The molecule has 4 nitrogen and oxygen atoms in total. The monoisotopic (exact) mass is 304 g/mol. The largest absolute Gasteiger partial charge is 0.343 e. The number of nitrogens with zero attached hydrogens (tertiary/aromatic N) is 1. The van der Waals surface area contributed by atoms with Crippen LogP contribution in [-0.2, 0) is 16.0 Å². The lowest BCUT2D eigenvalue weighted by Gasteiger charge is -2.38. The molecule has 1 fully saturated rings. The van der Waals surface area contributed by atoms with E-state index in [0.717, 1.165) is 6.42 Å². The van der Waals surface area contributed by atoms with E-state index in [0.29, 0.717) is 18.2 Å². The molecule has 1 N–H and O–H groups in total. The van der Waals surface area contributed by atoms with Crippen LogP contribution in [0.15, 0.2) is 29.2 Å². The van der Waals surface area contributed by atoms with Gasteiger partial charge in [0, 0.05) is 16.7 Å². The maximum atomic E-state index is 12.4. The van der Waals surface area contributed by atoms with Crippen LogP contribution in [0.5, 0.6) is 0 Å². The third-order valence-electron chi connectivity index (χ3n) is 4.19. The fourth-order valence-electron chi connectivity index (χ4n) is 3.11. The smallest absolute Gasteiger partial charge is 0.245 e. The average Bonchev–Trinajstić information content (AvgIpc) is 2.87. The zero-order valence-electron chi connectivity index (χ0n) is 12.3. The number of carbonyl (C=O) groups excluding carboxylic acids is 2. The van der Waals surface area contributed by atoms with Gasteiger partial charge in [-0.05, 0) is 31.4 Å². The standard InChI is InChI=1S/C16H20N2O2S/c1-3-13-15(19)17-10(2)16(20)18(13)9-12-8-11-6-4-5-7-14(11)21-12/h4-7,10,12-13H,3,8-9H2,1-2H3,(H,17,19). The van der Waals surface area contributed by atoms with Crippen molar-refractivity contribution in [2.45, 2.75) is 48.9 Å². The van der Waals surface area contributed by atoms with Crippen molar-refractivity contribution >= 4 is 23.6 Å². The maximum Gasteiger partial charge on any atom is 0.245 e. The summed E-state index contributed by atoms with van der Waals surface area (Å²) in [7, 11) is 0. The number of nitrogens with one attached hydrogen (secondary N) is 1. The quantitative estimate of drug-likeness (QED) is 0.927. The minimum absolute atomic E-state index is 0.0230. The minimum Gasteiger partial charge on any atom is -0.343 e. The van der Waals surface area contributed by atoms with Crippen molar-refractivity contribution in [1.29, 1.82) is 0 Å². The summed E-state index contributed by atoms with van der Waals surface area (Å²) < 4.78 is 0. The van der Waals surface area contributed by atoms with Gasteiger partial charge in [-0.15, -0.1) is 11.8 Å². The summed E-state index contributed by atoms with van der Waals surface area (Å²) in [5.41, 5.74) is 1.35. The second-order valence-corrected chi connectivity index (χ2v) is 7.04. The molecule has 2 aliphatic rings. The molecule has 3 unspecified atom stereocenters. The first-order chi connectivity index (χ1) is 10.1. The van der Waals surface area contributed by atoms with Crippen molar-refractivity contribution in [2.24, 2.45) is 0 Å². The molecule has 1 saturated heterocycles. The molecule has 0 radical (unpaired) electrons. The van der Waals surface area contributed by atoms with Gasteiger partial charge in [0.2, 0.25) is 11.8 Å². The number of fused-ring (bicyclic) bond motifs is 1. The van der Waals surface area contributed by atoms with Crippen LogP contribution < -0.4 is 5.32 Å². The first-order valence-electron chi connectivity index (χ1n) is 7.45. The predicted octanol–water partition coefficient (Wildman–Crippen LogP) is 1.83. The van der Waals surface area contributed by atoms with Crippen LogP contribution >= 0.6 is 11.8 Å². The Morgan fingerprint density at radius 3 is 2.81 bits per heavy atom. The van der Waals surface area contributed by atoms with Gasteiger partial charge >= 0.3 is 0 Å². The second kappa shape index (κ2) is 5.72. The van der Waals surface area contributed by atoms with Gasteiger partial charge in [0.15, 0.2) is 0 Å². The number of piperazine rings is 1. The Morgan fingerprint density at radius 2 is 2.10 bits per heavy atom. The van der Waals surface area contributed by atoms with Crippen LogP contribution in [0, 0.1) is 0 Å². The number of carbonyl (C=O) groups is 2. The summed E-state index contributed by atoms with van der Waals surface area (Å²) in [6.07, 6.45) is 1.63. The van der Waals surface area contributed by atoms with E-state index in [9.17, 15) is 9.59 Å². The first kappa shape index (κ1) is 14.4. The third kappa shape index (κ3) is 2.67. The Morgan fingerprint density at radius 1 is 1.33 bits per heavy atom. The molecule has 2 aliphatic heterocycles. The van der Waals surface area contributed by atoms with Crippen LogP contribution in [0.1, 0.15) is 25.8 Å². The Kier molecular flexibility index (Phi) is 3.93. The average molecular weight is 304 g/mol. The maximum absolute atomic E-state index is 12.4. The second-order valence-electron chi connectivity index (χ2n) is 5.70. The highest BCUT2D eigenvalue weighted by Crippen LogP contribution is 2.37. The van der Waals surface area contributed by atoms with Crippen molar-refractivity contribution in [2.75, 3.05) is 6.54 Å². The molecule has 0 spiro atoms. The van der Waals surface area contributed by atoms with Crippen molar-refractivity contribution < 1.29 is 9.59 Å². The summed E-state index contributed by atoms with van der Waals surface area (Å²) in [5, 5.41) is 3.11. The predicted molar refractivity (Wildman–Crippen MR) is 83.2 cm³/mol. The fraction of sp³-hybridized carbons (Fsp3) is 0.500. The van der Waals surface area contributed by atoms with Crippen molar-refractivity contribution in [3.8, 4) is 0 Å². The topological polar surface area (TPSA) is 49.4 Å². The van der Waals surface area contributed by atoms with Crippen molar-refractivity contribution in [3.63, 3.8) is 0 Å². The van der Waals surface area contributed by atoms with E-state index in [1.807, 2.05) is 24.8 Å². The summed E-state index contributed by atoms with van der Waals surface area (Å²) in [5.74, 6) is 0.0168. The number of hydrogen-bond acceptors (Lipinski definition) is 3. The lowest BCUT2D eigenvalue weighted by atomic mass is 10.0. The molecule has 112 valence electrons. The Bertz CT molecular complexity index is 550. The van der Waals surface area contributed by atoms with Crippen molar-refractivity contribution in [1.82, 2.24) is 10.2 Å². The fourth-order valence-corrected chi connectivity index (χ4v) is 4.43. The van der Waals surface area contributed by atoms with Gasteiger partial charge < -0.3 is 10.2 Å². The van der Waals surface area contributed by atoms with Crippen LogP contribution in [0.3, 0.4) is 0 Å². The zero-order valence-corrected chi connectivity index (χ0v) is 13.2. The summed E-state index contributed by atoms with van der Waals surface area (Å²) in [6.45, 7) is 4.36. The lowest BCUT2D eigenvalue weighted by molar-refractivity contribution is -0.148. The molecule has 0 aliphatic carbocycles. The molecular weight excluding hydrogens is 284 g/mol. The van der Waals surface area contributed by atoms with Crippen LogP contribution in [0.2, 0.25) is 0 Å². The highest BCUT2D eigenvalue weighted by Gasteiger charge is 2.39. The number of amides is 2. The summed E-state index contributed by atoms with van der Waals surface area (Å²) >= 11 is 1.82. The van der Waals surface area contributed by atoms with E-state index in [1.165, 1.54) is 10.5 Å². The molecule has 3 rings (SSSR count). The number of benzene rings is 1. The van der Waals surface area contributed by atoms with E-state index >= 15 is 0 Å². The van der Waals surface area contributed by atoms with Gasteiger partial charge in [0.1, 0.15) is 12.1 Å². The van der Waals surface area contributed by atoms with E-state index in [-0.39, 0.29) is 17.9 Å². The molecule has 0 bridgehead atoms. The Balaban J connectivity index is 1.74. The van der Waals surface area contributed by atoms with E-state index < -0.39 is 6.04 Å². The lowest BCUT2D eigenvalue weighted by Crippen LogP contribution is -2.63. The van der Waals surface area contributed by atoms with Crippen LogP contribution in [0.25, 0.3) is 0 Å². The van der Waals surface area contributed by atoms with Gasteiger partial charge in [0.05, 0.1) is 0 Å². The Labute approximate surface area is 129 Å². The first-order valence-corrected chi connectivity index (χ1v) is 8.33. The van der Waals surface area contributed by atoms with Crippen molar-refractivity contribution in [3.05, 3.63) is 29.8 Å². The molecular formula is C16H20N2O2S. The number of thioether (sulfide) groups is 1. The minimum atomic E-state index is -0.408. The molecule has 2 amide bonds. The highest BCUT2D eigenvalue weighted by atomic mass is 32.2. The van der Waals surface area contributed by atoms with E-state index in [2.05, 4.69) is 23.5 Å². The van der Waals surface area contributed by atoms with Crippen LogP contribution in [-0.4, -0.2) is 40.6 Å². The summed E-state index contributed by atoms with van der Waals surface area (Å²) in [4.78, 5) is 27.6. The van der Waals surface area contributed by atoms with Crippen LogP contribution in [0.4, 0.5) is 0 Å². The molecule has 0 saturated carbocycles. The summed E-state index contributed by atoms with van der Waals surface area (Å²) in [6, 6.07) is 7.65. The third-order valence-corrected chi connectivity index (χ3v) is 5.49. The van der Waals surface area contributed by atoms with Gasteiger partial charge in [-0.25, -0.2) is 0 Å². The number of rotatable bonds is 3. The molecule has 0 aromatic heterocycles. The highest BCUT2D eigenvalue weighted by molar-refractivity contribution is 8.00. The van der Waals surface area contributed by atoms with Gasteiger partial charge in [0.25, 0.3) is 0 Å². The van der Waals surface area contributed by atoms with Gasteiger partial charge in [-0.3, -0.25) is 9.59 Å². The molecule has 2 heterocycles. The SMILES string of the molecule is CCC1C(=O)NC(C)C(=O)N1CC1Cc2ccccc2S1. The van der Waals surface area contributed by atoms with Gasteiger partial charge in [-0.1, -0.05) is 25.1 Å². The normalized spacial score (nSPS) is 28.5. The van der Waals surface area contributed by atoms with E-state index in [1.54, 1.807) is 11.8 Å². The number of hydrogen-bond donors (Lipinski definition) is 1. The molecule has 1 aromatic rings. The molecule has 5 heteroatoms. The molecule has 21 heavy (non-hydrogen) atoms. The van der Waals surface area contributed by atoms with E-state index in [4.69, 9.17) is 0 Å². The Hall–Kier alpha value is -1.49. The zero-order chi connectivity index (χ0) is 15.0. The van der Waals surface area contributed by atoms with Gasteiger partial charge in [-0.2, -0.15) is 0 Å². The molecule has 3 atom stereocenters. The molecule has 1 aromatic carbocycles.